The van der Waals surface area contributed by atoms with Gasteiger partial charge in [-0.2, -0.15) is 0 Å². The van der Waals surface area contributed by atoms with Gasteiger partial charge in [0.05, 0.1) is 12.2 Å². The van der Waals surface area contributed by atoms with Crippen molar-refractivity contribution in [2.75, 3.05) is 0 Å². The van der Waals surface area contributed by atoms with E-state index < -0.39 is 5.79 Å². The fourth-order valence-corrected chi connectivity index (χ4v) is 2.52. The van der Waals surface area contributed by atoms with Gasteiger partial charge in [0.15, 0.2) is 5.79 Å². The average Bonchev–Trinajstić information content (AvgIpc) is 2.30. The Morgan fingerprint density at radius 1 is 0.882 bits per heavy atom. The van der Waals surface area contributed by atoms with Crippen LogP contribution in [0.4, 0.5) is 0 Å². The van der Waals surface area contributed by atoms with Crippen LogP contribution in [0.2, 0.25) is 0 Å². The van der Waals surface area contributed by atoms with Crippen molar-refractivity contribution in [3.05, 3.63) is 24.3 Å². The zero-order valence-electron chi connectivity index (χ0n) is 11.0. The van der Waals surface area contributed by atoms with E-state index in [0.717, 1.165) is 12.8 Å². The minimum absolute atomic E-state index is 0.228. The van der Waals surface area contributed by atoms with Crippen LogP contribution >= 0.6 is 0 Å². The van der Waals surface area contributed by atoms with Gasteiger partial charge in [0.2, 0.25) is 0 Å². The van der Waals surface area contributed by atoms with Gasteiger partial charge in [0.25, 0.3) is 0 Å². The largest absolute Gasteiger partial charge is 0.343 e. The molecule has 0 aromatic carbocycles. The minimum Gasteiger partial charge on any atom is -0.343 e. The van der Waals surface area contributed by atoms with Crippen LogP contribution in [0.1, 0.15) is 52.4 Å². The molecule has 0 radical (unpaired) electrons. The predicted molar refractivity (Wildman–Crippen MR) is 69.8 cm³/mol. The Hall–Kier alpha value is -0.600. The standard InChI is InChI=1S/C15H24O2/c1-15(2,16-13-9-5-3-6-10-13)17-14-11-7-4-8-12-14/h5,7,9,11,13-14H,3-4,6,8,10,12H2,1-2H3. The highest BCUT2D eigenvalue weighted by Gasteiger charge is 2.27. The van der Waals surface area contributed by atoms with Gasteiger partial charge in [-0.25, -0.2) is 0 Å². The minimum atomic E-state index is -0.487. The molecule has 0 heterocycles. The molecule has 0 spiro atoms. The third kappa shape index (κ3) is 4.29. The molecule has 0 aromatic rings. The van der Waals surface area contributed by atoms with Gasteiger partial charge in [-0.05, 0) is 52.4 Å². The molecule has 0 saturated heterocycles. The van der Waals surface area contributed by atoms with Gasteiger partial charge in [0.1, 0.15) is 0 Å². The molecule has 2 unspecified atom stereocenters. The van der Waals surface area contributed by atoms with Crippen LogP contribution in [0, 0.1) is 0 Å². The molecule has 17 heavy (non-hydrogen) atoms. The Kier molecular flexibility index (Phi) is 4.41. The summed E-state index contributed by atoms with van der Waals surface area (Å²) in [5.41, 5.74) is 0. The summed E-state index contributed by atoms with van der Waals surface area (Å²) < 4.78 is 12.1. The van der Waals surface area contributed by atoms with Crippen LogP contribution in [0.15, 0.2) is 24.3 Å². The molecular formula is C15H24O2. The molecule has 2 aliphatic carbocycles. The van der Waals surface area contributed by atoms with Gasteiger partial charge in [0, 0.05) is 0 Å². The molecule has 0 aromatic heterocycles. The fourth-order valence-electron chi connectivity index (χ4n) is 2.52. The van der Waals surface area contributed by atoms with E-state index in [2.05, 4.69) is 24.3 Å². The van der Waals surface area contributed by atoms with E-state index in [1.165, 1.54) is 25.7 Å². The molecule has 2 aliphatic rings. The van der Waals surface area contributed by atoms with Gasteiger partial charge in [-0.15, -0.1) is 0 Å². The molecule has 2 atom stereocenters. The van der Waals surface area contributed by atoms with E-state index in [0.29, 0.717) is 0 Å². The normalized spacial score (nSPS) is 29.5. The fraction of sp³-hybridized carbons (Fsp3) is 0.733. The zero-order chi connectivity index (χ0) is 12.1. The lowest BCUT2D eigenvalue weighted by atomic mass is 10.0. The molecular weight excluding hydrogens is 212 g/mol. The molecule has 2 heteroatoms. The van der Waals surface area contributed by atoms with Crippen molar-refractivity contribution < 1.29 is 9.47 Å². The molecule has 2 rings (SSSR count). The van der Waals surface area contributed by atoms with Crippen molar-refractivity contribution in [2.45, 2.75) is 70.4 Å². The number of ether oxygens (including phenoxy) is 2. The first-order valence-corrected chi connectivity index (χ1v) is 6.85. The molecule has 2 nitrogen and oxygen atoms in total. The summed E-state index contributed by atoms with van der Waals surface area (Å²) in [5.74, 6) is -0.487. The average molecular weight is 236 g/mol. The zero-order valence-corrected chi connectivity index (χ0v) is 11.0. The van der Waals surface area contributed by atoms with Crippen molar-refractivity contribution in [3.63, 3.8) is 0 Å². The number of hydrogen-bond acceptors (Lipinski definition) is 2. The van der Waals surface area contributed by atoms with Crippen LogP contribution < -0.4 is 0 Å². The highest BCUT2D eigenvalue weighted by molar-refractivity contribution is 4.96. The summed E-state index contributed by atoms with van der Waals surface area (Å²) in [6.45, 7) is 4.05. The monoisotopic (exact) mass is 236 g/mol. The third-order valence-electron chi connectivity index (χ3n) is 3.29. The van der Waals surface area contributed by atoms with E-state index >= 15 is 0 Å². The van der Waals surface area contributed by atoms with Gasteiger partial charge >= 0.3 is 0 Å². The second-order valence-electron chi connectivity index (χ2n) is 5.43. The Balaban J connectivity index is 1.84. The maximum absolute atomic E-state index is 6.04. The van der Waals surface area contributed by atoms with Crippen LogP contribution in [0.25, 0.3) is 0 Å². The Labute approximate surface area is 105 Å². The highest BCUT2D eigenvalue weighted by atomic mass is 16.7. The second kappa shape index (κ2) is 5.83. The topological polar surface area (TPSA) is 18.5 Å². The Bertz CT molecular complexity index is 263. The lowest BCUT2D eigenvalue weighted by Crippen LogP contribution is -2.37. The van der Waals surface area contributed by atoms with Crippen LogP contribution in [-0.4, -0.2) is 18.0 Å². The van der Waals surface area contributed by atoms with E-state index in [4.69, 9.17) is 9.47 Å². The number of allylic oxidation sites excluding steroid dienone is 2. The first-order chi connectivity index (χ1) is 8.16. The van der Waals surface area contributed by atoms with Crippen molar-refractivity contribution in [2.24, 2.45) is 0 Å². The van der Waals surface area contributed by atoms with Crippen molar-refractivity contribution in [3.8, 4) is 0 Å². The van der Waals surface area contributed by atoms with E-state index in [1.54, 1.807) is 0 Å². The summed E-state index contributed by atoms with van der Waals surface area (Å²) in [4.78, 5) is 0. The maximum atomic E-state index is 6.04. The summed E-state index contributed by atoms with van der Waals surface area (Å²) in [5, 5.41) is 0. The van der Waals surface area contributed by atoms with Crippen LogP contribution in [-0.2, 0) is 9.47 Å². The lowest BCUT2D eigenvalue weighted by Gasteiger charge is -2.34. The second-order valence-corrected chi connectivity index (χ2v) is 5.43. The maximum Gasteiger partial charge on any atom is 0.164 e. The van der Waals surface area contributed by atoms with Gasteiger partial charge < -0.3 is 9.47 Å². The summed E-state index contributed by atoms with van der Waals surface area (Å²) >= 11 is 0. The molecule has 0 aliphatic heterocycles. The SMILES string of the molecule is CC(C)(OC1C=CCCC1)OC1C=CCCC1. The Morgan fingerprint density at radius 2 is 1.35 bits per heavy atom. The number of rotatable bonds is 4. The van der Waals surface area contributed by atoms with Crippen LogP contribution in [0.3, 0.4) is 0 Å². The lowest BCUT2D eigenvalue weighted by molar-refractivity contribution is -0.245. The summed E-state index contributed by atoms with van der Waals surface area (Å²) in [7, 11) is 0. The molecule has 0 saturated carbocycles. The van der Waals surface area contributed by atoms with Crippen molar-refractivity contribution >= 4 is 0 Å². The number of hydrogen-bond donors (Lipinski definition) is 0. The third-order valence-corrected chi connectivity index (χ3v) is 3.29. The van der Waals surface area contributed by atoms with Gasteiger partial charge in [-0.3, -0.25) is 0 Å². The highest BCUT2D eigenvalue weighted by Crippen LogP contribution is 2.25. The smallest absolute Gasteiger partial charge is 0.164 e. The first-order valence-electron chi connectivity index (χ1n) is 6.85. The first kappa shape index (κ1) is 12.8. The van der Waals surface area contributed by atoms with Crippen molar-refractivity contribution in [1.29, 1.82) is 0 Å². The molecule has 0 amide bonds. The van der Waals surface area contributed by atoms with Gasteiger partial charge in [-0.1, -0.05) is 24.3 Å². The predicted octanol–water partition coefficient (Wildman–Crippen LogP) is 3.97. The van der Waals surface area contributed by atoms with Crippen molar-refractivity contribution in [1.82, 2.24) is 0 Å². The van der Waals surface area contributed by atoms with E-state index in [9.17, 15) is 0 Å². The summed E-state index contributed by atoms with van der Waals surface area (Å²) in [6.07, 6.45) is 16.3. The Morgan fingerprint density at radius 3 is 1.71 bits per heavy atom. The molecule has 96 valence electrons. The van der Waals surface area contributed by atoms with Crippen LogP contribution in [0.5, 0.6) is 0 Å². The van der Waals surface area contributed by atoms with E-state index in [-0.39, 0.29) is 12.2 Å². The summed E-state index contributed by atoms with van der Waals surface area (Å²) in [6, 6.07) is 0. The molecule has 0 N–H and O–H groups in total. The molecule has 0 fully saturated rings. The van der Waals surface area contributed by atoms with E-state index in [1.807, 2.05) is 13.8 Å². The quantitative estimate of drug-likeness (QED) is 0.543. The molecule has 0 bridgehead atoms.